The summed E-state index contributed by atoms with van der Waals surface area (Å²) in [6, 6.07) is 25.2. The van der Waals surface area contributed by atoms with Crippen molar-refractivity contribution in [1.29, 1.82) is 0 Å². The molecule has 0 saturated carbocycles. The van der Waals surface area contributed by atoms with E-state index in [9.17, 15) is 4.79 Å². The van der Waals surface area contributed by atoms with E-state index in [1.54, 1.807) is 19.2 Å². The first-order chi connectivity index (χ1) is 13.7. The summed E-state index contributed by atoms with van der Waals surface area (Å²) < 4.78 is 5.21. The van der Waals surface area contributed by atoms with Crippen molar-refractivity contribution in [1.82, 2.24) is 4.98 Å². The first-order valence-electron chi connectivity index (χ1n) is 8.88. The number of pyridine rings is 1. The van der Waals surface area contributed by atoms with E-state index < -0.39 is 0 Å². The van der Waals surface area contributed by atoms with Crippen molar-refractivity contribution in [2.45, 2.75) is 0 Å². The molecule has 0 bridgehead atoms. The maximum Gasteiger partial charge on any atom is 0.150 e. The van der Waals surface area contributed by atoms with Gasteiger partial charge in [-0.1, -0.05) is 30.0 Å². The normalized spacial score (nSPS) is 10.2. The molecule has 0 fully saturated rings. The second-order valence-electron chi connectivity index (χ2n) is 6.32. The molecular formula is C25H17NO2. The number of carbonyl (C=O) groups excluding carboxylic acids is 1. The Morgan fingerprint density at radius 2 is 1.54 bits per heavy atom. The average molecular weight is 363 g/mol. The smallest absolute Gasteiger partial charge is 0.150 e. The highest BCUT2D eigenvalue weighted by atomic mass is 16.5. The Bertz CT molecular complexity index is 1200. The van der Waals surface area contributed by atoms with Gasteiger partial charge in [0, 0.05) is 27.6 Å². The van der Waals surface area contributed by atoms with E-state index in [1.807, 2.05) is 60.7 Å². The van der Waals surface area contributed by atoms with Crippen molar-refractivity contribution in [3.05, 3.63) is 95.6 Å². The third-order valence-corrected chi connectivity index (χ3v) is 4.47. The quantitative estimate of drug-likeness (QED) is 0.374. The Balaban J connectivity index is 1.61. The van der Waals surface area contributed by atoms with Crippen LogP contribution < -0.4 is 4.74 Å². The monoisotopic (exact) mass is 363 g/mol. The van der Waals surface area contributed by atoms with Crippen LogP contribution in [-0.4, -0.2) is 18.4 Å². The van der Waals surface area contributed by atoms with Crippen molar-refractivity contribution in [3.63, 3.8) is 0 Å². The molecule has 0 atom stereocenters. The minimum atomic E-state index is 0.648. The van der Waals surface area contributed by atoms with E-state index in [4.69, 9.17) is 9.72 Å². The number of rotatable bonds is 3. The van der Waals surface area contributed by atoms with Gasteiger partial charge in [0.15, 0.2) is 0 Å². The van der Waals surface area contributed by atoms with Gasteiger partial charge in [0.25, 0.3) is 0 Å². The van der Waals surface area contributed by atoms with E-state index >= 15 is 0 Å². The molecule has 3 nitrogen and oxygen atoms in total. The summed E-state index contributed by atoms with van der Waals surface area (Å²) in [5.41, 5.74) is 5.34. The third kappa shape index (κ3) is 3.77. The maximum absolute atomic E-state index is 10.7. The lowest BCUT2D eigenvalue weighted by molar-refractivity contribution is 0.112. The van der Waals surface area contributed by atoms with Crippen LogP contribution in [0.5, 0.6) is 5.75 Å². The summed E-state index contributed by atoms with van der Waals surface area (Å²) in [6.07, 6.45) is 0.827. The minimum absolute atomic E-state index is 0.648. The molecule has 1 aromatic heterocycles. The van der Waals surface area contributed by atoms with Crippen molar-refractivity contribution in [2.75, 3.05) is 7.11 Å². The number of hydrogen-bond donors (Lipinski definition) is 0. The number of methoxy groups -OCH3 is 1. The summed E-state index contributed by atoms with van der Waals surface area (Å²) in [5, 5.41) is 1.04. The number of fused-ring (bicyclic) bond motifs is 1. The molecule has 3 heteroatoms. The highest BCUT2D eigenvalue weighted by Crippen LogP contribution is 2.23. The van der Waals surface area contributed by atoms with E-state index in [2.05, 4.69) is 17.9 Å². The number of hydrogen-bond acceptors (Lipinski definition) is 3. The van der Waals surface area contributed by atoms with Gasteiger partial charge in [-0.15, -0.1) is 0 Å². The van der Waals surface area contributed by atoms with E-state index in [-0.39, 0.29) is 0 Å². The highest BCUT2D eigenvalue weighted by molar-refractivity contribution is 5.83. The molecule has 0 aliphatic heterocycles. The van der Waals surface area contributed by atoms with E-state index in [0.717, 1.165) is 45.3 Å². The molecule has 28 heavy (non-hydrogen) atoms. The molecule has 0 aliphatic carbocycles. The molecule has 0 N–H and O–H groups in total. The lowest BCUT2D eigenvalue weighted by atomic mass is 10.1. The van der Waals surface area contributed by atoms with Crippen LogP contribution in [0.1, 0.15) is 21.5 Å². The number of ether oxygens (including phenoxy) is 1. The van der Waals surface area contributed by atoms with Crippen LogP contribution in [0.4, 0.5) is 0 Å². The van der Waals surface area contributed by atoms with Gasteiger partial charge in [-0.2, -0.15) is 0 Å². The first kappa shape index (κ1) is 17.5. The van der Waals surface area contributed by atoms with Crippen molar-refractivity contribution >= 4 is 17.2 Å². The summed E-state index contributed by atoms with van der Waals surface area (Å²) in [7, 11) is 1.66. The number of benzene rings is 3. The lowest BCUT2D eigenvalue weighted by Crippen LogP contribution is -1.87. The Hall–Kier alpha value is -3.90. The topological polar surface area (TPSA) is 39.2 Å². The largest absolute Gasteiger partial charge is 0.497 e. The second-order valence-corrected chi connectivity index (χ2v) is 6.32. The van der Waals surface area contributed by atoms with Crippen molar-refractivity contribution in [2.24, 2.45) is 0 Å². The van der Waals surface area contributed by atoms with Crippen LogP contribution in [-0.2, 0) is 0 Å². The number of nitrogens with zero attached hydrogens (tertiary/aromatic N) is 1. The minimum Gasteiger partial charge on any atom is -0.497 e. The molecule has 0 amide bonds. The number of carbonyl (C=O) groups is 1. The van der Waals surface area contributed by atoms with Crippen LogP contribution in [0.2, 0.25) is 0 Å². The molecule has 3 aromatic carbocycles. The number of aromatic nitrogens is 1. The van der Waals surface area contributed by atoms with Crippen LogP contribution in [0.25, 0.3) is 22.2 Å². The fourth-order valence-electron chi connectivity index (χ4n) is 2.92. The molecule has 0 unspecified atom stereocenters. The van der Waals surface area contributed by atoms with Crippen LogP contribution in [0.15, 0.2) is 78.9 Å². The van der Waals surface area contributed by atoms with Crippen molar-refractivity contribution < 1.29 is 9.53 Å². The average Bonchev–Trinajstić information content (AvgIpc) is 2.77. The van der Waals surface area contributed by atoms with Gasteiger partial charge in [-0.05, 0) is 60.7 Å². The summed E-state index contributed by atoms with van der Waals surface area (Å²) in [6.45, 7) is 0. The summed E-state index contributed by atoms with van der Waals surface area (Å²) in [5.74, 6) is 7.12. The molecule has 0 aliphatic rings. The van der Waals surface area contributed by atoms with E-state index in [0.29, 0.717) is 5.56 Å². The molecule has 1 heterocycles. The SMILES string of the molecule is COc1ccc(-c2ccc3cc(C#Cc4ccc(C=O)cc4)ccc3n2)cc1. The fraction of sp³-hybridized carbons (Fsp3) is 0.0400. The molecular weight excluding hydrogens is 346 g/mol. The Morgan fingerprint density at radius 3 is 2.25 bits per heavy atom. The zero-order valence-corrected chi connectivity index (χ0v) is 15.3. The summed E-state index contributed by atoms with van der Waals surface area (Å²) in [4.78, 5) is 15.5. The first-order valence-corrected chi connectivity index (χ1v) is 8.88. The van der Waals surface area contributed by atoms with Gasteiger partial charge in [0.2, 0.25) is 0 Å². The van der Waals surface area contributed by atoms with Gasteiger partial charge >= 0.3 is 0 Å². The predicted molar refractivity (Wildman–Crippen MR) is 112 cm³/mol. The van der Waals surface area contributed by atoms with Gasteiger partial charge in [0.1, 0.15) is 12.0 Å². The fourth-order valence-corrected chi connectivity index (χ4v) is 2.92. The molecule has 134 valence electrons. The van der Waals surface area contributed by atoms with Crippen LogP contribution in [0.3, 0.4) is 0 Å². The highest BCUT2D eigenvalue weighted by Gasteiger charge is 2.03. The Labute approximate surface area is 163 Å². The molecule has 0 spiro atoms. The van der Waals surface area contributed by atoms with Gasteiger partial charge in [-0.25, -0.2) is 4.98 Å². The predicted octanol–water partition coefficient (Wildman–Crippen LogP) is 5.12. The molecule has 4 aromatic rings. The number of aldehydes is 1. The second kappa shape index (κ2) is 7.77. The standard InChI is InChI=1S/C25H17NO2/c1-28-23-12-9-21(10-13-23)24-15-11-22-16-19(8-14-25(22)26-24)5-2-18-3-6-20(17-27)7-4-18/h3-4,6-17H,1H3. The van der Waals surface area contributed by atoms with E-state index in [1.165, 1.54) is 0 Å². The Morgan fingerprint density at radius 1 is 0.821 bits per heavy atom. The molecule has 0 saturated heterocycles. The Kier molecular flexibility index (Phi) is 4.86. The zero-order valence-electron chi connectivity index (χ0n) is 15.3. The molecule has 4 rings (SSSR count). The third-order valence-electron chi connectivity index (χ3n) is 4.47. The van der Waals surface area contributed by atoms with Gasteiger partial charge < -0.3 is 4.74 Å². The summed E-state index contributed by atoms with van der Waals surface area (Å²) >= 11 is 0. The van der Waals surface area contributed by atoms with Crippen LogP contribution >= 0.6 is 0 Å². The maximum atomic E-state index is 10.7. The lowest BCUT2D eigenvalue weighted by Gasteiger charge is -2.05. The molecule has 0 radical (unpaired) electrons. The van der Waals surface area contributed by atoms with Gasteiger partial charge in [-0.3, -0.25) is 4.79 Å². The van der Waals surface area contributed by atoms with Gasteiger partial charge in [0.05, 0.1) is 18.3 Å². The zero-order chi connectivity index (χ0) is 19.3. The van der Waals surface area contributed by atoms with Crippen LogP contribution in [0, 0.1) is 11.8 Å². The van der Waals surface area contributed by atoms with Crippen molar-refractivity contribution in [3.8, 4) is 28.8 Å².